The van der Waals surface area contributed by atoms with Gasteiger partial charge in [-0.2, -0.15) is 12.7 Å². The molecule has 0 aliphatic rings. The molecular formula is C9H22N2O3S. The van der Waals surface area contributed by atoms with Gasteiger partial charge in [0.15, 0.2) is 0 Å². The predicted octanol–water partition coefficient (Wildman–Crippen LogP) is 0.324. The van der Waals surface area contributed by atoms with Crippen molar-refractivity contribution in [2.24, 2.45) is 0 Å². The molecule has 6 heteroatoms. The minimum atomic E-state index is -3.43. The van der Waals surface area contributed by atoms with Crippen LogP contribution in [0.3, 0.4) is 0 Å². The van der Waals surface area contributed by atoms with Crippen molar-refractivity contribution in [3.05, 3.63) is 0 Å². The summed E-state index contributed by atoms with van der Waals surface area (Å²) >= 11 is 0. The van der Waals surface area contributed by atoms with Crippen LogP contribution in [0.5, 0.6) is 0 Å². The zero-order chi connectivity index (χ0) is 11.9. The standard InChI is InChI=1S/C9H22N2O3S/c1-4-9(5-2)11(7-8-12)15(13,14)10-6-3/h9-10,12H,4-8H2,1-3H3. The van der Waals surface area contributed by atoms with Crippen LogP contribution in [0.4, 0.5) is 0 Å². The maximum atomic E-state index is 11.8. The number of rotatable bonds is 8. The van der Waals surface area contributed by atoms with E-state index in [1.165, 1.54) is 4.31 Å². The third kappa shape index (κ3) is 4.46. The average Bonchev–Trinajstić information content (AvgIpc) is 2.18. The van der Waals surface area contributed by atoms with Gasteiger partial charge in [-0.05, 0) is 12.8 Å². The molecule has 0 unspecified atom stereocenters. The minimum Gasteiger partial charge on any atom is -0.395 e. The fourth-order valence-corrected chi connectivity index (χ4v) is 3.10. The summed E-state index contributed by atoms with van der Waals surface area (Å²) in [6, 6.07) is -0.0406. The smallest absolute Gasteiger partial charge is 0.279 e. The molecule has 2 N–H and O–H groups in total. The van der Waals surface area contributed by atoms with Gasteiger partial charge in [-0.1, -0.05) is 20.8 Å². The fraction of sp³-hybridized carbons (Fsp3) is 1.00. The van der Waals surface area contributed by atoms with Crippen molar-refractivity contribution in [3.63, 3.8) is 0 Å². The third-order valence-electron chi connectivity index (χ3n) is 2.31. The summed E-state index contributed by atoms with van der Waals surface area (Å²) in [6.07, 6.45) is 1.50. The normalized spacial score (nSPS) is 12.7. The maximum absolute atomic E-state index is 11.8. The van der Waals surface area contributed by atoms with Gasteiger partial charge in [-0.15, -0.1) is 0 Å². The molecule has 0 saturated carbocycles. The summed E-state index contributed by atoms with van der Waals surface area (Å²) in [4.78, 5) is 0. The van der Waals surface area contributed by atoms with Crippen LogP contribution in [0.1, 0.15) is 33.6 Å². The SMILES string of the molecule is CCNS(=O)(=O)N(CCO)C(CC)CC. The van der Waals surface area contributed by atoms with E-state index in [2.05, 4.69) is 4.72 Å². The average molecular weight is 238 g/mol. The molecule has 0 rings (SSSR count). The first-order valence-electron chi connectivity index (χ1n) is 5.40. The first-order chi connectivity index (χ1) is 7.03. The lowest BCUT2D eigenvalue weighted by molar-refractivity contribution is 0.218. The highest BCUT2D eigenvalue weighted by Gasteiger charge is 2.26. The van der Waals surface area contributed by atoms with Crippen LogP contribution in [0.25, 0.3) is 0 Å². The Kier molecular flexibility index (Phi) is 7.08. The third-order valence-corrected chi connectivity index (χ3v) is 4.06. The molecule has 0 aromatic heterocycles. The van der Waals surface area contributed by atoms with E-state index in [1.54, 1.807) is 6.92 Å². The van der Waals surface area contributed by atoms with Crippen molar-refractivity contribution in [1.29, 1.82) is 0 Å². The van der Waals surface area contributed by atoms with Crippen LogP contribution in [0.15, 0.2) is 0 Å². The van der Waals surface area contributed by atoms with E-state index in [1.807, 2.05) is 13.8 Å². The van der Waals surface area contributed by atoms with Crippen LogP contribution in [0.2, 0.25) is 0 Å². The van der Waals surface area contributed by atoms with E-state index in [4.69, 9.17) is 5.11 Å². The first-order valence-corrected chi connectivity index (χ1v) is 6.84. The highest BCUT2D eigenvalue weighted by molar-refractivity contribution is 7.87. The molecule has 0 aromatic carbocycles. The fourth-order valence-electron chi connectivity index (χ4n) is 1.56. The maximum Gasteiger partial charge on any atom is 0.279 e. The number of hydrogen-bond donors (Lipinski definition) is 2. The quantitative estimate of drug-likeness (QED) is 0.640. The Bertz CT molecular complexity index is 250. The number of nitrogens with zero attached hydrogens (tertiary/aromatic N) is 1. The van der Waals surface area contributed by atoms with Gasteiger partial charge in [-0.3, -0.25) is 0 Å². The molecule has 0 spiro atoms. The van der Waals surface area contributed by atoms with E-state index < -0.39 is 10.2 Å². The van der Waals surface area contributed by atoms with Crippen molar-refractivity contribution >= 4 is 10.2 Å². The van der Waals surface area contributed by atoms with Gasteiger partial charge in [0, 0.05) is 19.1 Å². The number of nitrogens with one attached hydrogen (secondary N) is 1. The van der Waals surface area contributed by atoms with Crippen molar-refractivity contribution in [3.8, 4) is 0 Å². The van der Waals surface area contributed by atoms with Crippen LogP contribution < -0.4 is 4.72 Å². The van der Waals surface area contributed by atoms with Gasteiger partial charge in [0.25, 0.3) is 10.2 Å². The van der Waals surface area contributed by atoms with Crippen molar-refractivity contribution < 1.29 is 13.5 Å². The topological polar surface area (TPSA) is 69.6 Å². The zero-order valence-electron chi connectivity index (χ0n) is 9.73. The van der Waals surface area contributed by atoms with E-state index >= 15 is 0 Å². The number of aliphatic hydroxyl groups is 1. The molecule has 0 fully saturated rings. The zero-order valence-corrected chi connectivity index (χ0v) is 10.5. The van der Waals surface area contributed by atoms with E-state index in [0.29, 0.717) is 6.54 Å². The summed E-state index contributed by atoms with van der Waals surface area (Å²) in [5.41, 5.74) is 0. The Labute approximate surface area is 92.7 Å². The molecule has 0 heterocycles. The van der Waals surface area contributed by atoms with Gasteiger partial charge in [-0.25, -0.2) is 4.72 Å². The highest BCUT2D eigenvalue weighted by Crippen LogP contribution is 2.11. The number of aliphatic hydroxyl groups excluding tert-OH is 1. The molecule has 0 aliphatic heterocycles. The Hall–Kier alpha value is -0.170. The second kappa shape index (κ2) is 7.16. The molecule has 0 aliphatic carbocycles. The van der Waals surface area contributed by atoms with E-state index in [-0.39, 0.29) is 19.2 Å². The summed E-state index contributed by atoms with van der Waals surface area (Å²) in [5.74, 6) is 0. The second-order valence-electron chi connectivity index (χ2n) is 3.31. The molecule has 0 aromatic rings. The largest absolute Gasteiger partial charge is 0.395 e. The van der Waals surface area contributed by atoms with Crippen LogP contribution >= 0.6 is 0 Å². The monoisotopic (exact) mass is 238 g/mol. The van der Waals surface area contributed by atoms with E-state index in [9.17, 15) is 8.42 Å². The van der Waals surface area contributed by atoms with Crippen molar-refractivity contribution in [2.45, 2.75) is 39.7 Å². The van der Waals surface area contributed by atoms with Gasteiger partial charge in [0.1, 0.15) is 0 Å². The highest BCUT2D eigenvalue weighted by atomic mass is 32.2. The summed E-state index contributed by atoms with van der Waals surface area (Å²) in [5, 5.41) is 8.87. The molecule has 5 nitrogen and oxygen atoms in total. The summed E-state index contributed by atoms with van der Waals surface area (Å²) < 4.78 is 27.4. The van der Waals surface area contributed by atoms with Gasteiger partial charge >= 0.3 is 0 Å². The van der Waals surface area contributed by atoms with Gasteiger partial charge in [0.05, 0.1) is 6.61 Å². The Morgan fingerprint density at radius 1 is 1.27 bits per heavy atom. The van der Waals surface area contributed by atoms with E-state index in [0.717, 1.165) is 12.8 Å². The molecule has 15 heavy (non-hydrogen) atoms. The molecular weight excluding hydrogens is 216 g/mol. The molecule has 0 radical (unpaired) electrons. The number of hydrogen-bond acceptors (Lipinski definition) is 3. The summed E-state index contributed by atoms with van der Waals surface area (Å²) in [6.45, 7) is 5.99. The van der Waals surface area contributed by atoms with Gasteiger partial charge in [0.2, 0.25) is 0 Å². The Morgan fingerprint density at radius 3 is 2.13 bits per heavy atom. The Balaban J connectivity index is 4.77. The van der Waals surface area contributed by atoms with Crippen molar-refractivity contribution in [2.75, 3.05) is 19.7 Å². The molecule has 0 bridgehead atoms. The molecule has 0 atom stereocenters. The minimum absolute atomic E-state index is 0.0406. The van der Waals surface area contributed by atoms with Crippen LogP contribution in [-0.2, 0) is 10.2 Å². The first kappa shape index (κ1) is 14.8. The Morgan fingerprint density at radius 2 is 1.80 bits per heavy atom. The lowest BCUT2D eigenvalue weighted by atomic mass is 10.2. The lowest BCUT2D eigenvalue weighted by Crippen LogP contribution is -2.47. The molecule has 0 saturated heterocycles. The van der Waals surface area contributed by atoms with Crippen LogP contribution in [-0.4, -0.2) is 43.6 Å². The molecule has 92 valence electrons. The summed E-state index contributed by atoms with van der Waals surface area (Å²) in [7, 11) is -3.43. The van der Waals surface area contributed by atoms with Crippen LogP contribution in [0, 0.1) is 0 Å². The van der Waals surface area contributed by atoms with Crippen molar-refractivity contribution in [1.82, 2.24) is 9.03 Å². The molecule has 0 amide bonds. The predicted molar refractivity (Wildman–Crippen MR) is 60.8 cm³/mol. The second-order valence-corrected chi connectivity index (χ2v) is 5.02. The lowest BCUT2D eigenvalue weighted by Gasteiger charge is -2.28. The van der Waals surface area contributed by atoms with Gasteiger partial charge < -0.3 is 5.11 Å².